The van der Waals surface area contributed by atoms with Gasteiger partial charge in [-0.25, -0.2) is 0 Å². The predicted octanol–water partition coefficient (Wildman–Crippen LogP) is 5.40. The molecule has 136 valence electrons. The minimum Gasteiger partial charge on any atom is -0.372 e. The number of anilines is 1. The van der Waals surface area contributed by atoms with Crippen molar-refractivity contribution in [2.45, 2.75) is 20.8 Å². The Hall–Kier alpha value is -3.32. The molecule has 0 saturated heterocycles. The van der Waals surface area contributed by atoms with E-state index in [2.05, 4.69) is 42.9 Å². The van der Waals surface area contributed by atoms with Crippen molar-refractivity contribution >= 4 is 28.6 Å². The van der Waals surface area contributed by atoms with Gasteiger partial charge in [0.25, 0.3) is 5.69 Å². The summed E-state index contributed by atoms with van der Waals surface area (Å²) >= 11 is 0. The third-order valence-electron chi connectivity index (χ3n) is 5.03. The molecule has 4 nitrogen and oxygen atoms in total. The maximum atomic E-state index is 10.8. The molecule has 0 atom stereocenters. The van der Waals surface area contributed by atoms with Gasteiger partial charge in [-0.3, -0.25) is 10.1 Å². The van der Waals surface area contributed by atoms with E-state index in [9.17, 15) is 10.1 Å². The molecular formula is C23H22N2O2. The summed E-state index contributed by atoms with van der Waals surface area (Å²) in [6.07, 6.45) is 7.86. The molecule has 2 aromatic carbocycles. The number of fused-ring (bicyclic) bond motifs is 1. The summed E-state index contributed by atoms with van der Waals surface area (Å²) in [5, 5.41) is 10.8. The van der Waals surface area contributed by atoms with Gasteiger partial charge >= 0.3 is 0 Å². The zero-order valence-electron chi connectivity index (χ0n) is 15.8. The lowest BCUT2D eigenvalue weighted by Crippen LogP contribution is -2.21. The summed E-state index contributed by atoms with van der Waals surface area (Å²) in [6, 6.07) is 13.0. The van der Waals surface area contributed by atoms with Crippen molar-refractivity contribution in [3.63, 3.8) is 0 Å². The minimum absolute atomic E-state index is 0.0874. The molecule has 4 heteroatoms. The molecule has 0 radical (unpaired) electrons. The molecule has 0 heterocycles. The second-order valence-corrected chi connectivity index (χ2v) is 6.45. The average molecular weight is 358 g/mol. The number of hydrogen-bond acceptors (Lipinski definition) is 3. The van der Waals surface area contributed by atoms with E-state index < -0.39 is 4.92 Å². The van der Waals surface area contributed by atoms with E-state index in [0.29, 0.717) is 0 Å². The summed E-state index contributed by atoms with van der Waals surface area (Å²) in [6.45, 7) is 8.19. The monoisotopic (exact) mass is 358 g/mol. The maximum Gasteiger partial charge on any atom is 0.269 e. The summed E-state index contributed by atoms with van der Waals surface area (Å²) in [4.78, 5) is 12.8. The van der Waals surface area contributed by atoms with Gasteiger partial charge in [-0.05, 0) is 73.4 Å². The van der Waals surface area contributed by atoms with Gasteiger partial charge in [0.2, 0.25) is 0 Å². The van der Waals surface area contributed by atoms with Crippen LogP contribution in [-0.2, 0) is 0 Å². The molecule has 1 aliphatic rings. The first kappa shape index (κ1) is 18.5. The Balaban J connectivity index is 2.08. The molecule has 2 aromatic rings. The van der Waals surface area contributed by atoms with E-state index >= 15 is 0 Å². The fourth-order valence-electron chi connectivity index (χ4n) is 3.53. The molecule has 0 unspecified atom stereocenters. The molecule has 0 N–H and O–H groups in total. The van der Waals surface area contributed by atoms with Crippen LogP contribution < -0.4 is 4.90 Å². The Kier molecular flexibility index (Phi) is 5.14. The lowest BCUT2D eigenvalue weighted by atomic mass is 10.00. The number of allylic oxidation sites excluding steroid dienone is 3. The first-order valence-electron chi connectivity index (χ1n) is 9.03. The van der Waals surface area contributed by atoms with Crippen LogP contribution in [0.5, 0.6) is 0 Å². The molecule has 0 amide bonds. The molecule has 1 aliphatic carbocycles. The maximum absolute atomic E-state index is 10.8. The Morgan fingerprint density at radius 1 is 1.11 bits per heavy atom. The van der Waals surface area contributed by atoms with Crippen LogP contribution in [0.2, 0.25) is 0 Å². The van der Waals surface area contributed by atoms with E-state index in [4.69, 9.17) is 6.42 Å². The van der Waals surface area contributed by atoms with Crippen molar-refractivity contribution in [1.29, 1.82) is 0 Å². The van der Waals surface area contributed by atoms with Crippen molar-refractivity contribution < 1.29 is 4.92 Å². The largest absolute Gasteiger partial charge is 0.372 e. The van der Waals surface area contributed by atoms with Crippen LogP contribution in [-0.4, -0.2) is 18.0 Å². The summed E-state index contributed by atoms with van der Waals surface area (Å²) in [7, 11) is 0. The topological polar surface area (TPSA) is 46.4 Å². The normalized spacial score (nSPS) is 14.2. The van der Waals surface area contributed by atoms with Gasteiger partial charge in [0.1, 0.15) is 0 Å². The average Bonchev–Trinajstić information content (AvgIpc) is 2.94. The van der Waals surface area contributed by atoms with Gasteiger partial charge < -0.3 is 4.90 Å². The Morgan fingerprint density at radius 3 is 2.33 bits per heavy atom. The summed E-state index contributed by atoms with van der Waals surface area (Å²) in [5.74, 6) is 2.84. The highest BCUT2D eigenvalue weighted by Gasteiger charge is 2.23. The molecule has 27 heavy (non-hydrogen) atoms. The van der Waals surface area contributed by atoms with Gasteiger partial charge in [-0.1, -0.05) is 12.0 Å². The van der Waals surface area contributed by atoms with Crippen LogP contribution in [0.4, 0.5) is 11.4 Å². The quantitative estimate of drug-likeness (QED) is 0.408. The lowest BCUT2D eigenvalue weighted by Gasteiger charge is -2.22. The van der Waals surface area contributed by atoms with Crippen molar-refractivity contribution in [2.75, 3.05) is 18.0 Å². The number of nitro benzene ring substituents is 1. The van der Waals surface area contributed by atoms with E-state index in [1.54, 1.807) is 12.1 Å². The van der Waals surface area contributed by atoms with E-state index in [1.165, 1.54) is 12.1 Å². The van der Waals surface area contributed by atoms with Crippen LogP contribution in [0.1, 0.15) is 37.5 Å². The predicted molar refractivity (Wildman–Crippen MR) is 112 cm³/mol. The van der Waals surface area contributed by atoms with Gasteiger partial charge in [0, 0.05) is 42.0 Å². The fraction of sp³-hybridized carbons (Fsp3) is 0.217. The van der Waals surface area contributed by atoms with Crippen LogP contribution in [0.25, 0.3) is 17.2 Å². The molecule has 0 bridgehead atoms. The molecular weight excluding hydrogens is 336 g/mol. The van der Waals surface area contributed by atoms with Crippen molar-refractivity contribution in [2.24, 2.45) is 0 Å². The Morgan fingerprint density at radius 2 is 1.78 bits per heavy atom. The highest BCUT2D eigenvalue weighted by molar-refractivity contribution is 6.09. The van der Waals surface area contributed by atoms with Crippen molar-refractivity contribution in [3.8, 4) is 12.3 Å². The lowest BCUT2D eigenvalue weighted by molar-refractivity contribution is -0.384. The molecule has 0 fully saturated rings. The number of nitrogens with zero attached hydrogens (tertiary/aromatic N) is 2. The Bertz CT molecular complexity index is 988. The van der Waals surface area contributed by atoms with Crippen molar-refractivity contribution in [1.82, 2.24) is 0 Å². The summed E-state index contributed by atoms with van der Waals surface area (Å²) < 4.78 is 0. The van der Waals surface area contributed by atoms with E-state index in [-0.39, 0.29) is 5.69 Å². The standard InChI is InChI=1S/C23H22N2O2/c1-5-20-16(4)22(14-17-8-10-18(11-9-17)25(26)27)21-13-12-19(15-23(20)21)24(6-2)7-3/h1,8-15H,6-7H2,2-4H3. The Labute approximate surface area is 160 Å². The van der Waals surface area contributed by atoms with Crippen molar-refractivity contribution in [3.05, 3.63) is 74.8 Å². The van der Waals surface area contributed by atoms with Crippen LogP contribution >= 0.6 is 0 Å². The molecule has 3 rings (SSSR count). The van der Waals surface area contributed by atoms with Crippen LogP contribution in [0.3, 0.4) is 0 Å². The third-order valence-corrected chi connectivity index (χ3v) is 5.03. The number of rotatable bonds is 5. The zero-order valence-corrected chi connectivity index (χ0v) is 15.8. The van der Waals surface area contributed by atoms with Gasteiger partial charge in [0.15, 0.2) is 0 Å². The van der Waals surface area contributed by atoms with Crippen LogP contribution in [0.15, 0.2) is 48.0 Å². The zero-order chi connectivity index (χ0) is 19.6. The summed E-state index contributed by atoms with van der Waals surface area (Å²) in [5.41, 5.74) is 7.38. The first-order chi connectivity index (χ1) is 13.0. The van der Waals surface area contributed by atoms with Crippen LogP contribution in [0, 0.1) is 22.5 Å². The minimum atomic E-state index is -0.391. The number of non-ortho nitro benzene ring substituents is 1. The number of terminal acetylenes is 1. The van der Waals surface area contributed by atoms with E-state index in [1.807, 2.05) is 13.0 Å². The number of benzene rings is 2. The number of hydrogen-bond donors (Lipinski definition) is 0. The van der Waals surface area contributed by atoms with Gasteiger partial charge in [-0.15, -0.1) is 6.42 Å². The number of nitro groups is 1. The first-order valence-corrected chi connectivity index (χ1v) is 9.03. The van der Waals surface area contributed by atoms with Gasteiger partial charge in [0.05, 0.1) is 4.92 Å². The second kappa shape index (κ2) is 7.51. The third kappa shape index (κ3) is 3.37. The molecule has 0 saturated carbocycles. The molecule has 0 aromatic heterocycles. The second-order valence-electron chi connectivity index (χ2n) is 6.45. The fourth-order valence-corrected chi connectivity index (χ4v) is 3.53. The van der Waals surface area contributed by atoms with E-state index in [0.717, 1.165) is 52.2 Å². The molecule has 0 aliphatic heterocycles. The SMILES string of the molecule is C#CC1=C(C)C(=Cc2ccc([N+](=O)[O-])cc2)c2ccc(N(CC)CC)cc21. The highest BCUT2D eigenvalue weighted by atomic mass is 16.6. The highest BCUT2D eigenvalue weighted by Crippen LogP contribution is 2.43. The van der Waals surface area contributed by atoms with Gasteiger partial charge in [-0.2, -0.15) is 0 Å². The smallest absolute Gasteiger partial charge is 0.269 e. The molecule has 0 spiro atoms.